The van der Waals surface area contributed by atoms with Gasteiger partial charge in [0.1, 0.15) is 24.2 Å². The Morgan fingerprint density at radius 1 is 1.16 bits per heavy atom. The standard InChI is InChI=1S/C23H20N4O5/c1-15-3-5-17(6-4-15)20-11-19(25-32-20)16-7-9-18(10-8-16)30-14-23(2)13-26-12-21(27(28)29)24-22(26)31-23/h3-12H,13-14H2,1-2H3/t23-/m1/s1. The van der Waals surface area contributed by atoms with Gasteiger partial charge in [-0.2, -0.15) is 0 Å². The van der Waals surface area contributed by atoms with E-state index in [0.29, 0.717) is 18.1 Å². The van der Waals surface area contributed by atoms with E-state index in [1.165, 1.54) is 11.8 Å². The van der Waals surface area contributed by atoms with E-state index >= 15 is 0 Å². The summed E-state index contributed by atoms with van der Waals surface area (Å²) < 4.78 is 18.8. The fourth-order valence-corrected chi connectivity index (χ4v) is 3.58. The molecule has 0 aliphatic carbocycles. The van der Waals surface area contributed by atoms with Crippen molar-refractivity contribution in [3.8, 4) is 34.3 Å². The highest BCUT2D eigenvalue weighted by Crippen LogP contribution is 2.32. The molecule has 2 aromatic heterocycles. The molecular formula is C23H20N4O5. The third-order valence-corrected chi connectivity index (χ3v) is 5.30. The molecule has 0 fully saturated rings. The molecule has 0 spiro atoms. The van der Waals surface area contributed by atoms with Crippen molar-refractivity contribution in [1.29, 1.82) is 0 Å². The molecule has 5 rings (SSSR count). The summed E-state index contributed by atoms with van der Waals surface area (Å²) in [5.74, 6) is 1.16. The zero-order chi connectivity index (χ0) is 22.3. The lowest BCUT2D eigenvalue weighted by atomic mass is 10.1. The number of hydrogen-bond acceptors (Lipinski definition) is 7. The number of ether oxygens (including phenoxy) is 2. The maximum Gasteiger partial charge on any atom is 0.415 e. The SMILES string of the molecule is Cc1ccc(-c2cc(-c3ccc(OC[C@@]4(C)Cn5cc([N+](=O)[O-])nc5O4)cc3)no2)cc1. The minimum Gasteiger partial charge on any atom is -0.489 e. The molecule has 2 aromatic carbocycles. The molecule has 0 saturated carbocycles. The number of aromatic nitrogens is 3. The number of fused-ring (bicyclic) bond motifs is 1. The summed E-state index contributed by atoms with van der Waals surface area (Å²) in [5, 5.41) is 15.0. The molecule has 32 heavy (non-hydrogen) atoms. The highest BCUT2D eigenvalue weighted by molar-refractivity contribution is 5.67. The van der Waals surface area contributed by atoms with E-state index < -0.39 is 10.5 Å². The van der Waals surface area contributed by atoms with Crippen LogP contribution < -0.4 is 9.47 Å². The maximum absolute atomic E-state index is 10.8. The average molecular weight is 432 g/mol. The smallest absolute Gasteiger partial charge is 0.415 e. The van der Waals surface area contributed by atoms with Crippen LogP contribution in [-0.2, 0) is 6.54 Å². The summed E-state index contributed by atoms with van der Waals surface area (Å²) in [5.41, 5.74) is 3.16. The summed E-state index contributed by atoms with van der Waals surface area (Å²) in [4.78, 5) is 14.2. The second-order valence-corrected chi connectivity index (χ2v) is 8.07. The number of nitro groups is 1. The lowest BCUT2D eigenvalue weighted by molar-refractivity contribution is -0.389. The molecular weight excluding hydrogens is 412 g/mol. The highest BCUT2D eigenvalue weighted by atomic mass is 16.6. The van der Waals surface area contributed by atoms with E-state index in [1.807, 2.05) is 68.4 Å². The van der Waals surface area contributed by atoms with Crippen LogP contribution in [0.15, 0.2) is 65.3 Å². The van der Waals surface area contributed by atoms with Gasteiger partial charge in [-0.3, -0.25) is 4.57 Å². The normalized spacial score (nSPS) is 17.1. The topological polar surface area (TPSA) is 105 Å². The summed E-state index contributed by atoms with van der Waals surface area (Å²) in [6.07, 6.45) is 1.37. The lowest BCUT2D eigenvalue weighted by Gasteiger charge is -2.22. The van der Waals surface area contributed by atoms with E-state index in [9.17, 15) is 10.1 Å². The van der Waals surface area contributed by atoms with Crippen molar-refractivity contribution in [3.63, 3.8) is 0 Å². The Morgan fingerprint density at radius 2 is 1.88 bits per heavy atom. The van der Waals surface area contributed by atoms with Crippen molar-refractivity contribution >= 4 is 5.82 Å². The van der Waals surface area contributed by atoms with Gasteiger partial charge in [0.15, 0.2) is 11.4 Å². The fraction of sp³-hybridized carbons (Fsp3) is 0.217. The minimum absolute atomic E-state index is 0.225. The molecule has 0 radical (unpaired) electrons. The van der Waals surface area contributed by atoms with Gasteiger partial charge in [-0.25, -0.2) is 0 Å². The molecule has 0 unspecified atom stereocenters. The van der Waals surface area contributed by atoms with Gasteiger partial charge < -0.3 is 24.1 Å². The van der Waals surface area contributed by atoms with Gasteiger partial charge in [-0.05, 0) is 43.0 Å². The third kappa shape index (κ3) is 3.80. The quantitative estimate of drug-likeness (QED) is 0.322. The van der Waals surface area contributed by atoms with E-state index in [-0.39, 0.29) is 18.4 Å². The van der Waals surface area contributed by atoms with Gasteiger partial charge in [-0.1, -0.05) is 35.0 Å². The van der Waals surface area contributed by atoms with Crippen LogP contribution in [0.3, 0.4) is 0 Å². The molecule has 0 N–H and O–H groups in total. The van der Waals surface area contributed by atoms with Gasteiger partial charge in [0.25, 0.3) is 0 Å². The van der Waals surface area contributed by atoms with Gasteiger partial charge in [-0.15, -0.1) is 0 Å². The molecule has 9 heteroatoms. The Kier molecular flexibility index (Phi) is 4.66. The first-order chi connectivity index (χ1) is 15.4. The largest absolute Gasteiger partial charge is 0.489 e. The molecule has 0 bridgehead atoms. The highest BCUT2D eigenvalue weighted by Gasteiger charge is 2.41. The molecule has 3 heterocycles. The second-order valence-electron chi connectivity index (χ2n) is 8.07. The minimum atomic E-state index is -0.662. The third-order valence-electron chi connectivity index (χ3n) is 5.30. The van der Waals surface area contributed by atoms with Crippen molar-refractivity contribution in [1.82, 2.24) is 14.7 Å². The summed E-state index contributed by atoms with van der Waals surface area (Å²) in [6, 6.07) is 17.8. The second kappa shape index (κ2) is 7.52. The van der Waals surface area contributed by atoms with E-state index in [4.69, 9.17) is 14.0 Å². The predicted octanol–water partition coefficient (Wildman–Crippen LogP) is 4.65. The van der Waals surface area contributed by atoms with E-state index in [2.05, 4.69) is 10.1 Å². The Labute approximate surface area is 183 Å². The maximum atomic E-state index is 10.8. The molecule has 9 nitrogen and oxygen atoms in total. The molecule has 1 aliphatic heterocycles. The van der Waals surface area contributed by atoms with Gasteiger partial charge in [0.2, 0.25) is 0 Å². The Hall–Kier alpha value is -4.14. The van der Waals surface area contributed by atoms with Crippen LogP contribution in [0, 0.1) is 17.0 Å². The molecule has 4 aromatic rings. The first-order valence-electron chi connectivity index (χ1n) is 10.1. The van der Waals surface area contributed by atoms with Crippen LogP contribution in [0.25, 0.3) is 22.6 Å². The zero-order valence-electron chi connectivity index (χ0n) is 17.5. The van der Waals surface area contributed by atoms with Crippen LogP contribution in [0.5, 0.6) is 11.8 Å². The first kappa shape index (κ1) is 19.8. The van der Waals surface area contributed by atoms with Gasteiger partial charge >= 0.3 is 11.8 Å². The summed E-state index contributed by atoms with van der Waals surface area (Å²) in [7, 11) is 0. The lowest BCUT2D eigenvalue weighted by Crippen LogP contribution is -2.38. The first-order valence-corrected chi connectivity index (χ1v) is 10.1. The van der Waals surface area contributed by atoms with Crippen molar-refractivity contribution in [2.45, 2.75) is 26.0 Å². The predicted molar refractivity (Wildman–Crippen MR) is 116 cm³/mol. The summed E-state index contributed by atoms with van der Waals surface area (Å²) >= 11 is 0. The van der Waals surface area contributed by atoms with Crippen LogP contribution in [-0.4, -0.2) is 31.8 Å². The fourth-order valence-electron chi connectivity index (χ4n) is 3.58. The van der Waals surface area contributed by atoms with Gasteiger partial charge in [0, 0.05) is 22.2 Å². The van der Waals surface area contributed by atoms with Crippen molar-refractivity contribution in [3.05, 3.63) is 76.5 Å². The monoisotopic (exact) mass is 432 g/mol. The number of benzene rings is 2. The zero-order valence-corrected chi connectivity index (χ0v) is 17.5. The average Bonchev–Trinajstić information content (AvgIpc) is 3.47. The number of hydrogen-bond donors (Lipinski definition) is 0. The molecule has 162 valence electrons. The Balaban J connectivity index is 1.22. The van der Waals surface area contributed by atoms with Crippen molar-refractivity contribution in [2.75, 3.05) is 6.61 Å². The number of nitrogens with zero attached hydrogens (tertiary/aromatic N) is 4. The Bertz CT molecular complexity index is 1250. The van der Waals surface area contributed by atoms with Crippen LogP contribution in [0.2, 0.25) is 0 Å². The molecule has 0 amide bonds. The molecule has 1 atom stereocenters. The van der Waals surface area contributed by atoms with Crippen molar-refractivity contribution < 1.29 is 18.9 Å². The van der Waals surface area contributed by atoms with Crippen molar-refractivity contribution in [2.24, 2.45) is 0 Å². The number of imidazole rings is 1. The summed E-state index contributed by atoms with van der Waals surface area (Å²) in [6.45, 7) is 4.61. The van der Waals surface area contributed by atoms with E-state index in [0.717, 1.165) is 16.8 Å². The molecule has 1 aliphatic rings. The van der Waals surface area contributed by atoms with E-state index in [1.54, 1.807) is 4.57 Å². The molecule has 0 saturated heterocycles. The Morgan fingerprint density at radius 3 is 2.56 bits per heavy atom. The van der Waals surface area contributed by atoms with Crippen LogP contribution in [0.4, 0.5) is 5.82 Å². The van der Waals surface area contributed by atoms with Crippen LogP contribution >= 0.6 is 0 Å². The number of aryl methyl sites for hydroxylation is 1. The number of rotatable bonds is 6. The van der Waals surface area contributed by atoms with Crippen LogP contribution in [0.1, 0.15) is 12.5 Å². The van der Waals surface area contributed by atoms with Gasteiger partial charge in [0.05, 0.1) is 6.54 Å².